The molecule has 2 nitrogen and oxygen atoms in total. The lowest BCUT2D eigenvalue weighted by atomic mass is 10.1. The number of halogens is 3. The lowest BCUT2D eigenvalue weighted by Crippen LogP contribution is -2.33. The molecule has 94 valence electrons. The van der Waals surface area contributed by atoms with E-state index in [2.05, 4.69) is 0 Å². The fourth-order valence-electron chi connectivity index (χ4n) is 1.54. The Morgan fingerprint density at radius 1 is 1.29 bits per heavy atom. The summed E-state index contributed by atoms with van der Waals surface area (Å²) in [6.45, 7) is 5.08. The number of likely N-dealkylation sites (N-methyl/N-ethyl adjacent to an activating group) is 1. The van der Waals surface area contributed by atoms with Gasteiger partial charge in [-0.1, -0.05) is 29.3 Å². The molecule has 0 saturated carbocycles. The molecule has 1 atom stereocenters. The third-order valence-electron chi connectivity index (χ3n) is 2.53. The van der Waals surface area contributed by atoms with E-state index >= 15 is 0 Å². The Hall–Kier alpha value is -0.440. The van der Waals surface area contributed by atoms with E-state index in [4.69, 9.17) is 34.8 Å². The van der Waals surface area contributed by atoms with E-state index in [0.717, 1.165) is 0 Å². The lowest BCUT2D eigenvalue weighted by Gasteiger charge is -2.22. The molecule has 1 amide bonds. The maximum Gasteiger partial charge on any atom is 0.245 e. The zero-order chi connectivity index (χ0) is 13.0. The highest BCUT2D eigenvalue weighted by atomic mass is 35.5. The molecule has 1 aromatic carbocycles. The van der Waals surface area contributed by atoms with Crippen molar-refractivity contribution in [2.45, 2.75) is 19.2 Å². The van der Waals surface area contributed by atoms with Gasteiger partial charge in [0.15, 0.2) is 0 Å². The third-order valence-corrected chi connectivity index (χ3v) is 3.51. The molecule has 5 heteroatoms. The molecule has 1 rings (SSSR count). The highest BCUT2D eigenvalue weighted by Crippen LogP contribution is 2.31. The average Bonchev–Trinajstić information content (AvgIpc) is 2.29. The maximum absolute atomic E-state index is 12.0. The summed E-state index contributed by atoms with van der Waals surface area (Å²) in [5.41, 5.74) is 0.592. The minimum absolute atomic E-state index is 0.138. The summed E-state index contributed by atoms with van der Waals surface area (Å²) in [5.74, 6) is -0.138. The molecule has 0 radical (unpaired) electrons. The molecule has 1 unspecified atom stereocenters. The number of carbonyl (C=O) groups excluding carboxylic acids is 1. The summed E-state index contributed by atoms with van der Waals surface area (Å²) in [5, 5.41) is 0.176. The molecule has 0 aliphatic rings. The van der Waals surface area contributed by atoms with Gasteiger partial charge in [0.2, 0.25) is 5.91 Å². The second kappa shape index (κ2) is 6.48. The molecular weight excluding hydrogens is 280 g/mol. The predicted molar refractivity (Wildman–Crippen MR) is 73.0 cm³/mol. The summed E-state index contributed by atoms with van der Waals surface area (Å²) in [7, 11) is 0. The summed E-state index contributed by atoms with van der Waals surface area (Å²) in [6.07, 6.45) is 0. The van der Waals surface area contributed by atoms with Gasteiger partial charge in [0.25, 0.3) is 0 Å². The van der Waals surface area contributed by atoms with E-state index in [1.807, 2.05) is 13.8 Å². The number of benzene rings is 1. The van der Waals surface area contributed by atoms with Gasteiger partial charge in [0.05, 0.1) is 0 Å². The highest BCUT2D eigenvalue weighted by Gasteiger charge is 2.23. The van der Waals surface area contributed by atoms with Gasteiger partial charge in [-0.05, 0) is 31.5 Å². The van der Waals surface area contributed by atoms with Gasteiger partial charge in [-0.2, -0.15) is 0 Å². The number of hydrogen-bond donors (Lipinski definition) is 0. The van der Waals surface area contributed by atoms with Crippen LogP contribution < -0.4 is 0 Å². The topological polar surface area (TPSA) is 20.3 Å². The van der Waals surface area contributed by atoms with Gasteiger partial charge in [0.1, 0.15) is 5.38 Å². The van der Waals surface area contributed by atoms with Crippen LogP contribution in [0, 0.1) is 0 Å². The SMILES string of the molecule is CCN(CC)C(=O)C(Cl)c1ccc(Cl)cc1Cl. The average molecular weight is 295 g/mol. The molecule has 0 bridgehead atoms. The Labute approximate surface area is 116 Å². The summed E-state index contributed by atoms with van der Waals surface area (Å²) in [4.78, 5) is 13.7. The van der Waals surface area contributed by atoms with Crippen LogP contribution in [0.25, 0.3) is 0 Å². The Kier molecular flexibility index (Phi) is 5.57. The summed E-state index contributed by atoms with van der Waals surface area (Å²) < 4.78 is 0. The lowest BCUT2D eigenvalue weighted by molar-refractivity contribution is -0.130. The van der Waals surface area contributed by atoms with Gasteiger partial charge < -0.3 is 4.90 Å². The van der Waals surface area contributed by atoms with E-state index < -0.39 is 5.38 Å². The number of rotatable bonds is 4. The number of alkyl halides is 1. The molecule has 0 aliphatic heterocycles. The van der Waals surface area contributed by atoms with Crippen LogP contribution >= 0.6 is 34.8 Å². The monoisotopic (exact) mass is 293 g/mol. The number of amides is 1. The van der Waals surface area contributed by atoms with Crippen molar-refractivity contribution in [3.05, 3.63) is 33.8 Å². The van der Waals surface area contributed by atoms with Gasteiger partial charge in [-0.15, -0.1) is 11.6 Å². The van der Waals surface area contributed by atoms with Crippen LogP contribution in [0.4, 0.5) is 0 Å². The zero-order valence-corrected chi connectivity index (χ0v) is 12.0. The van der Waals surface area contributed by atoms with Crippen LogP contribution in [0.1, 0.15) is 24.8 Å². The van der Waals surface area contributed by atoms with Crippen molar-refractivity contribution in [3.8, 4) is 0 Å². The first-order valence-electron chi connectivity index (χ1n) is 5.39. The van der Waals surface area contributed by atoms with Crippen molar-refractivity contribution < 1.29 is 4.79 Å². The quantitative estimate of drug-likeness (QED) is 0.764. The summed E-state index contributed by atoms with van der Waals surface area (Å²) >= 11 is 18.0. The Balaban J connectivity index is 2.95. The first-order valence-corrected chi connectivity index (χ1v) is 6.58. The zero-order valence-electron chi connectivity index (χ0n) is 9.71. The van der Waals surface area contributed by atoms with Gasteiger partial charge in [-0.25, -0.2) is 0 Å². The van der Waals surface area contributed by atoms with Gasteiger partial charge >= 0.3 is 0 Å². The largest absolute Gasteiger partial charge is 0.342 e. The van der Waals surface area contributed by atoms with Crippen LogP contribution in [0.2, 0.25) is 10.0 Å². The van der Waals surface area contributed by atoms with Gasteiger partial charge in [0, 0.05) is 23.1 Å². The van der Waals surface area contributed by atoms with Crippen LogP contribution in [0.15, 0.2) is 18.2 Å². The molecule has 0 aliphatic carbocycles. The number of carbonyl (C=O) groups is 1. The highest BCUT2D eigenvalue weighted by molar-refractivity contribution is 6.37. The first-order chi connectivity index (χ1) is 8.01. The van der Waals surface area contributed by atoms with Crippen molar-refractivity contribution in [1.29, 1.82) is 0 Å². The van der Waals surface area contributed by atoms with Crippen LogP contribution in [0.3, 0.4) is 0 Å². The van der Waals surface area contributed by atoms with E-state index in [-0.39, 0.29) is 5.91 Å². The molecule has 17 heavy (non-hydrogen) atoms. The van der Waals surface area contributed by atoms with Crippen LogP contribution in [-0.2, 0) is 4.79 Å². The van der Waals surface area contributed by atoms with E-state index in [1.165, 1.54) is 0 Å². The second-order valence-electron chi connectivity index (χ2n) is 3.54. The normalized spacial score (nSPS) is 12.3. The molecule has 0 fully saturated rings. The Bertz CT molecular complexity index is 405. The maximum atomic E-state index is 12.0. The van der Waals surface area contributed by atoms with Crippen molar-refractivity contribution in [3.63, 3.8) is 0 Å². The van der Waals surface area contributed by atoms with Crippen molar-refractivity contribution >= 4 is 40.7 Å². The van der Waals surface area contributed by atoms with E-state index in [1.54, 1.807) is 23.1 Å². The molecule has 0 aromatic heterocycles. The van der Waals surface area contributed by atoms with E-state index in [0.29, 0.717) is 28.7 Å². The van der Waals surface area contributed by atoms with Crippen molar-refractivity contribution in [2.75, 3.05) is 13.1 Å². The molecule has 0 N–H and O–H groups in total. The second-order valence-corrected chi connectivity index (χ2v) is 4.82. The van der Waals surface area contributed by atoms with Crippen molar-refractivity contribution in [2.24, 2.45) is 0 Å². The third kappa shape index (κ3) is 3.51. The molecular formula is C12H14Cl3NO. The smallest absolute Gasteiger partial charge is 0.245 e. The van der Waals surface area contributed by atoms with Crippen LogP contribution in [0.5, 0.6) is 0 Å². The van der Waals surface area contributed by atoms with Gasteiger partial charge in [-0.3, -0.25) is 4.79 Å². The van der Waals surface area contributed by atoms with Crippen molar-refractivity contribution in [1.82, 2.24) is 4.90 Å². The minimum atomic E-state index is -0.764. The number of hydrogen-bond acceptors (Lipinski definition) is 1. The molecule has 0 saturated heterocycles. The Morgan fingerprint density at radius 2 is 1.88 bits per heavy atom. The predicted octanol–water partition coefficient (Wildman–Crippen LogP) is 4.14. The van der Waals surface area contributed by atoms with Crippen LogP contribution in [-0.4, -0.2) is 23.9 Å². The number of nitrogens with zero attached hydrogens (tertiary/aromatic N) is 1. The molecule has 1 aromatic rings. The fraction of sp³-hybridized carbons (Fsp3) is 0.417. The fourth-order valence-corrected chi connectivity index (χ4v) is 2.44. The standard InChI is InChI=1S/C12H14Cl3NO/c1-3-16(4-2)12(17)11(15)9-6-5-8(13)7-10(9)14/h5-7,11H,3-4H2,1-2H3. The Morgan fingerprint density at radius 3 is 2.35 bits per heavy atom. The minimum Gasteiger partial charge on any atom is -0.342 e. The molecule has 0 spiro atoms. The molecule has 0 heterocycles. The summed E-state index contributed by atoms with van der Waals surface area (Å²) in [6, 6.07) is 4.95. The first kappa shape index (κ1) is 14.6. The van der Waals surface area contributed by atoms with E-state index in [9.17, 15) is 4.79 Å².